The number of hydrazine groups is 2. The summed E-state index contributed by atoms with van der Waals surface area (Å²) in [5.41, 5.74) is 6.01. The summed E-state index contributed by atoms with van der Waals surface area (Å²) in [6.07, 6.45) is 1.37. The number of fused-ring (bicyclic) bond motifs is 1. The van der Waals surface area contributed by atoms with Crippen molar-refractivity contribution in [2.24, 2.45) is 0 Å². The van der Waals surface area contributed by atoms with Crippen molar-refractivity contribution in [3.05, 3.63) is 82.4 Å². The maximum Gasteiger partial charge on any atom is 0.335 e. The molecule has 3 heterocycles. The standard InChI is InChI=1S/C25H24ClFN8O4/c1-13(2)21-30-31-22-20(23(36)28-15-8-6-14(7-9-15)25(38)39)33(10-11-34(21)22)24(37)17-12-35(32-29-17)18-5-3-4-16(26)19(18)27/h3-9,12-13,20,29,32H,10-11H2,1-2H3,(H,28,36)(H,38,39). The summed E-state index contributed by atoms with van der Waals surface area (Å²) >= 11 is 5.90. The van der Waals surface area contributed by atoms with Crippen molar-refractivity contribution in [2.75, 3.05) is 16.9 Å². The number of nitrogens with zero attached hydrogens (tertiary/aromatic N) is 5. The number of rotatable bonds is 6. The van der Waals surface area contributed by atoms with Gasteiger partial charge in [0.05, 0.1) is 22.5 Å². The van der Waals surface area contributed by atoms with E-state index < -0.39 is 29.6 Å². The fourth-order valence-corrected chi connectivity index (χ4v) is 4.60. The summed E-state index contributed by atoms with van der Waals surface area (Å²) in [4.78, 5) is 39.8. The van der Waals surface area contributed by atoms with Gasteiger partial charge < -0.3 is 19.9 Å². The van der Waals surface area contributed by atoms with E-state index in [0.29, 0.717) is 23.9 Å². The van der Waals surface area contributed by atoms with Crippen molar-refractivity contribution in [1.82, 2.24) is 30.6 Å². The number of carboxylic acid groups (broad SMARTS) is 1. The number of amides is 2. The van der Waals surface area contributed by atoms with Gasteiger partial charge >= 0.3 is 5.97 Å². The molecule has 1 unspecified atom stereocenters. The van der Waals surface area contributed by atoms with Gasteiger partial charge in [0, 0.05) is 24.7 Å². The summed E-state index contributed by atoms with van der Waals surface area (Å²) in [7, 11) is 0. The molecule has 0 saturated heterocycles. The maximum atomic E-state index is 14.5. The minimum absolute atomic E-state index is 0.0327. The van der Waals surface area contributed by atoms with Gasteiger partial charge in [-0.2, -0.15) is 0 Å². The molecule has 3 aromatic rings. The third-order valence-corrected chi connectivity index (χ3v) is 6.64. The van der Waals surface area contributed by atoms with Crippen molar-refractivity contribution in [2.45, 2.75) is 32.4 Å². The lowest BCUT2D eigenvalue weighted by atomic mass is 10.1. The van der Waals surface area contributed by atoms with Crippen LogP contribution in [0.4, 0.5) is 15.8 Å². The molecule has 14 heteroatoms. The molecule has 0 spiro atoms. The van der Waals surface area contributed by atoms with Crippen LogP contribution in [0.15, 0.2) is 54.4 Å². The van der Waals surface area contributed by atoms with E-state index in [1.165, 1.54) is 52.5 Å². The van der Waals surface area contributed by atoms with Crippen molar-refractivity contribution >= 4 is 40.8 Å². The molecule has 39 heavy (non-hydrogen) atoms. The van der Waals surface area contributed by atoms with Gasteiger partial charge in [-0.1, -0.05) is 31.5 Å². The molecule has 202 valence electrons. The van der Waals surface area contributed by atoms with E-state index in [1.54, 1.807) is 6.07 Å². The third kappa shape index (κ3) is 4.89. The molecule has 0 fully saturated rings. The molecular formula is C25H24ClFN8O4. The Labute approximate surface area is 227 Å². The average Bonchev–Trinajstić information content (AvgIpc) is 3.57. The zero-order valence-electron chi connectivity index (χ0n) is 20.9. The number of nitrogens with one attached hydrogen (secondary N) is 3. The van der Waals surface area contributed by atoms with E-state index in [4.69, 9.17) is 16.7 Å². The lowest BCUT2D eigenvalue weighted by Crippen LogP contribution is -2.49. The summed E-state index contributed by atoms with van der Waals surface area (Å²) in [6, 6.07) is 8.98. The first-order valence-corrected chi connectivity index (χ1v) is 12.4. The summed E-state index contributed by atoms with van der Waals surface area (Å²) < 4.78 is 16.4. The number of aromatic carboxylic acids is 1. The van der Waals surface area contributed by atoms with Gasteiger partial charge in [-0.3, -0.25) is 20.0 Å². The summed E-state index contributed by atoms with van der Waals surface area (Å²) in [5.74, 6) is -1.84. The van der Waals surface area contributed by atoms with Gasteiger partial charge in [-0.25, -0.2) is 9.18 Å². The monoisotopic (exact) mass is 554 g/mol. The van der Waals surface area contributed by atoms with E-state index in [-0.39, 0.29) is 34.4 Å². The number of halogens is 2. The van der Waals surface area contributed by atoms with Crippen LogP contribution < -0.4 is 21.3 Å². The van der Waals surface area contributed by atoms with Crippen LogP contribution in [-0.2, 0) is 16.1 Å². The lowest BCUT2D eigenvalue weighted by molar-refractivity contribution is -0.137. The van der Waals surface area contributed by atoms with Gasteiger partial charge in [-0.15, -0.1) is 15.7 Å². The highest BCUT2D eigenvalue weighted by atomic mass is 35.5. The average molecular weight is 555 g/mol. The van der Waals surface area contributed by atoms with Crippen LogP contribution in [0, 0.1) is 5.82 Å². The van der Waals surface area contributed by atoms with Gasteiger partial charge in [-0.05, 0) is 36.4 Å². The zero-order chi connectivity index (χ0) is 27.8. The van der Waals surface area contributed by atoms with Crippen LogP contribution in [0.2, 0.25) is 5.02 Å². The number of carbonyl (C=O) groups excluding carboxylic acids is 2. The van der Waals surface area contributed by atoms with Crippen LogP contribution in [0.5, 0.6) is 0 Å². The molecule has 2 aromatic carbocycles. The minimum Gasteiger partial charge on any atom is -0.478 e. The zero-order valence-corrected chi connectivity index (χ0v) is 21.6. The second-order valence-electron chi connectivity index (χ2n) is 9.22. The van der Waals surface area contributed by atoms with E-state index in [0.717, 1.165) is 0 Å². The topological polar surface area (TPSA) is 145 Å². The Morgan fingerprint density at radius 2 is 1.87 bits per heavy atom. The molecule has 5 rings (SSSR count). The van der Waals surface area contributed by atoms with Crippen molar-refractivity contribution in [3.8, 4) is 0 Å². The maximum absolute atomic E-state index is 14.5. The number of aromatic nitrogens is 3. The Kier molecular flexibility index (Phi) is 6.93. The highest BCUT2D eigenvalue weighted by Crippen LogP contribution is 2.31. The molecule has 2 aliphatic rings. The first kappa shape index (κ1) is 26.1. The SMILES string of the molecule is CC(C)c1nnc2n1CCN(C(=O)C1=CN(c3cccc(Cl)c3F)NN1)C2C(=O)Nc1ccc(C(=O)O)cc1. The molecule has 4 N–H and O–H groups in total. The van der Waals surface area contributed by atoms with E-state index in [2.05, 4.69) is 26.5 Å². The predicted molar refractivity (Wildman–Crippen MR) is 139 cm³/mol. The summed E-state index contributed by atoms with van der Waals surface area (Å²) in [6.45, 7) is 4.45. The molecule has 2 amide bonds. The first-order chi connectivity index (χ1) is 18.7. The van der Waals surface area contributed by atoms with E-state index >= 15 is 0 Å². The van der Waals surface area contributed by atoms with Crippen molar-refractivity contribution < 1.29 is 23.9 Å². The number of anilines is 2. The molecule has 0 aliphatic carbocycles. The predicted octanol–water partition coefficient (Wildman–Crippen LogP) is 2.79. The lowest BCUT2D eigenvalue weighted by Gasteiger charge is -2.35. The largest absolute Gasteiger partial charge is 0.478 e. The van der Waals surface area contributed by atoms with Crippen LogP contribution in [-0.4, -0.2) is 49.1 Å². The molecule has 0 radical (unpaired) electrons. The Morgan fingerprint density at radius 3 is 2.56 bits per heavy atom. The van der Waals surface area contributed by atoms with Crippen molar-refractivity contribution in [3.63, 3.8) is 0 Å². The highest BCUT2D eigenvalue weighted by Gasteiger charge is 2.41. The van der Waals surface area contributed by atoms with Gasteiger partial charge in [0.2, 0.25) is 0 Å². The van der Waals surface area contributed by atoms with E-state index in [9.17, 15) is 18.8 Å². The molecule has 0 bridgehead atoms. The summed E-state index contributed by atoms with van der Waals surface area (Å²) in [5, 5.41) is 21.6. The number of hydrogen-bond acceptors (Lipinski definition) is 8. The van der Waals surface area contributed by atoms with Crippen LogP contribution in [0.1, 0.15) is 47.8 Å². The molecule has 0 saturated carbocycles. The first-order valence-electron chi connectivity index (χ1n) is 12.0. The van der Waals surface area contributed by atoms with Crippen LogP contribution in [0.3, 0.4) is 0 Å². The molecule has 1 aromatic heterocycles. The molecule has 1 atom stereocenters. The molecular weight excluding hydrogens is 531 g/mol. The molecule has 2 aliphatic heterocycles. The Balaban J connectivity index is 1.45. The van der Waals surface area contributed by atoms with Crippen LogP contribution in [0.25, 0.3) is 0 Å². The van der Waals surface area contributed by atoms with Gasteiger partial charge in [0.15, 0.2) is 17.7 Å². The van der Waals surface area contributed by atoms with Crippen LogP contribution >= 0.6 is 11.6 Å². The van der Waals surface area contributed by atoms with Crippen molar-refractivity contribution in [1.29, 1.82) is 0 Å². The molecule has 12 nitrogen and oxygen atoms in total. The second-order valence-corrected chi connectivity index (χ2v) is 9.63. The minimum atomic E-state index is -1.15. The number of benzene rings is 2. The van der Waals surface area contributed by atoms with Gasteiger partial charge in [0.25, 0.3) is 11.8 Å². The third-order valence-electron chi connectivity index (χ3n) is 6.34. The number of carbonyl (C=O) groups is 3. The van der Waals surface area contributed by atoms with Gasteiger partial charge in [0.1, 0.15) is 11.5 Å². The normalized spacial score (nSPS) is 16.5. The smallest absolute Gasteiger partial charge is 0.335 e. The fraction of sp³-hybridized carbons (Fsp3) is 0.240. The highest BCUT2D eigenvalue weighted by molar-refractivity contribution is 6.31. The Morgan fingerprint density at radius 1 is 1.13 bits per heavy atom. The Hall–Kier alpha value is -4.49. The second kappa shape index (κ2) is 10.3. The number of hydrogen-bond donors (Lipinski definition) is 4. The van der Waals surface area contributed by atoms with E-state index in [1.807, 2.05) is 18.4 Å². The quantitative estimate of drug-likeness (QED) is 0.361. The Bertz CT molecular complexity index is 1490. The fourth-order valence-electron chi connectivity index (χ4n) is 4.43. The number of carboxylic acids is 1.